The van der Waals surface area contributed by atoms with Crippen LogP contribution in [0.1, 0.15) is 55.6 Å². The van der Waals surface area contributed by atoms with E-state index in [-0.39, 0.29) is 24.5 Å². The van der Waals surface area contributed by atoms with E-state index >= 15 is 0 Å². The molecule has 0 bridgehead atoms. The van der Waals surface area contributed by atoms with Crippen LogP contribution >= 0.6 is 0 Å². The number of piperidine rings is 1. The number of hydrogen-bond acceptors (Lipinski definition) is 5. The van der Waals surface area contributed by atoms with E-state index in [9.17, 15) is 9.59 Å². The molecule has 0 aliphatic carbocycles. The van der Waals surface area contributed by atoms with E-state index in [4.69, 9.17) is 9.47 Å². The number of ether oxygens (including phenoxy) is 2. The summed E-state index contributed by atoms with van der Waals surface area (Å²) in [7, 11) is 1.50. The molecule has 2 unspecified atom stereocenters. The molecule has 7 heteroatoms. The predicted molar refractivity (Wildman–Crippen MR) is 138 cm³/mol. The molecule has 1 aliphatic rings. The van der Waals surface area contributed by atoms with Crippen LogP contribution in [0.25, 0.3) is 0 Å². The largest absolute Gasteiger partial charge is 0.493 e. The zero-order chi connectivity index (χ0) is 25.4. The molecule has 2 N–H and O–H groups in total. The van der Waals surface area contributed by atoms with E-state index < -0.39 is 0 Å². The van der Waals surface area contributed by atoms with Gasteiger partial charge in [0.05, 0.1) is 7.11 Å². The lowest BCUT2D eigenvalue weighted by molar-refractivity contribution is -0.123. The maximum Gasteiger partial charge on any atom is 0.258 e. The summed E-state index contributed by atoms with van der Waals surface area (Å²) in [4.78, 5) is 27.1. The van der Waals surface area contributed by atoms with E-state index in [0.717, 1.165) is 37.0 Å². The molecule has 0 aromatic heterocycles. The number of nitrogens with zero attached hydrogens (tertiary/aromatic N) is 1. The molecule has 3 rings (SSSR count). The minimum Gasteiger partial charge on any atom is -0.493 e. The summed E-state index contributed by atoms with van der Waals surface area (Å²) in [6.45, 7) is 12.0. The van der Waals surface area contributed by atoms with Crippen molar-refractivity contribution in [2.75, 3.05) is 26.8 Å². The van der Waals surface area contributed by atoms with Crippen LogP contribution in [-0.2, 0) is 17.9 Å². The third-order valence-corrected chi connectivity index (χ3v) is 6.06. The van der Waals surface area contributed by atoms with Gasteiger partial charge in [0.2, 0.25) is 0 Å². The molecule has 1 aliphatic heterocycles. The summed E-state index contributed by atoms with van der Waals surface area (Å²) in [6, 6.07) is 13.4. The van der Waals surface area contributed by atoms with Crippen molar-refractivity contribution in [2.24, 2.45) is 11.8 Å². The van der Waals surface area contributed by atoms with Crippen LogP contribution in [0.2, 0.25) is 0 Å². The first-order chi connectivity index (χ1) is 16.7. The van der Waals surface area contributed by atoms with Crippen LogP contribution in [0.15, 0.2) is 42.5 Å². The fraction of sp³-hybridized carbons (Fsp3) is 0.500. The number of rotatable bonds is 10. The molecule has 1 heterocycles. The number of benzene rings is 2. The zero-order valence-corrected chi connectivity index (χ0v) is 21.6. The number of hydrogen-bond donors (Lipinski definition) is 2. The number of methoxy groups -OCH3 is 1. The molecule has 7 nitrogen and oxygen atoms in total. The fourth-order valence-corrected chi connectivity index (χ4v) is 4.66. The normalized spacial score (nSPS) is 18.2. The number of likely N-dealkylation sites (tertiary alicyclic amines) is 1. The van der Waals surface area contributed by atoms with Gasteiger partial charge in [0.15, 0.2) is 18.1 Å². The second-order valence-corrected chi connectivity index (χ2v) is 10.0. The van der Waals surface area contributed by atoms with Gasteiger partial charge in [-0.3, -0.25) is 14.5 Å². The van der Waals surface area contributed by atoms with Crippen molar-refractivity contribution >= 4 is 11.8 Å². The van der Waals surface area contributed by atoms with Gasteiger partial charge in [-0.2, -0.15) is 0 Å². The predicted octanol–water partition coefficient (Wildman–Crippen LogP) is 4.01. The Labute approximate surface area is 209 Å². The van der Waals surface area contributed by atoms with Gasteiger partial charge in [0, 0.05) is 37.8 Å². The third kappa shape index (κ3) is 8.28. The smallest absolute Gasteiger partial charge is 0.258 e. The Kier molecular flexibility index (Phi) is 9.55. The highest BCUT2D eigenvalue weighted by Crippen LogP contribution is 2.28. The Balaban J connectivity index is 1.51. The zero-order valence-electron chi connectivity index (χ0n) is 21.6. The average molecular weight is 482 g/mol. The Hall–Kier alpha value is -3.06. The quantitative estimate of drug-likeness (QED) is 0.536. The monoisotopic (exact) mass is 481 g/mol. The van der Waals surface area contributed by atoms with Crippen molar-refractivity contribution in [3.63, 3.8) is 0 Å². The SMILES string of the molecule is COc1cc(C(=O)NCc2ccc(CN3CC(C)CC(C)C3)cc2)ccc1OCC(=O)NC(C)C. The molecule has 2 aromatic rings. The lowest BCUT2D eigenvalue weighted by Gasteiger charge is -2.35. The van der Waals surface area contributed by atoms with Gasteiger partial charge in [-0.1, -0.05) is 38.1 Å². The number of amides is 2. The highest BCUT2D eigenvalue weighted by atomic mass is 16.5. The lowest BCUT2D eigenvalue weighted by atomic mass is 9.91. The first-order valence-corrected chi connectivity index (χ1v) is 12.4. The summed E-state index contributed by atoms with van der Waals surface area (Å²) in [5.41, 5.74) is 2.81. The lowest BCUT2D eigenvalue weighted by Crippen LogP contribution is -2.38. The second kappa shape index (κ2) is 12.6. The van der Waals surface area contributed by atoms with Crippen LogP contribution < -0.4 is 20.1 Å². The van der Waals surface area contributed by atoms with Crippen molar-refractivity contribution in [2.45, 2.75) is 53.2 Å². The summed E-state index contributed by atoms with van der Waals surface area (Å²) in [5, 5.41) is 5.73. The van der Waals surface area contributed by atoms with Crippen molar-refractivity contribution < 1.29 is 19.1 Å². The maximum atomic E-state index is 12.7. The molecule has 1 saturated heterocycles. The standard InChI is InChI=1S/C28H39N3O4/c1-19(2)30-27(32)18-35-25-11-10-24(13-26(25)34-5)28(33)29-14-22-6-8-23(9-7-22)17-31-15-20(3)12-21(4)16-31/h6-11,13,19-21H,12,14-18H2,1-5H3,(H,29,33)(H,30,32). The fourth-order valence-electron chi connectivity index (χ4n) is 4.66. The summed E-state index contributed by atoms with van der Waals surface area (Å²) < 4.78 is 10.9. The van der Waals surface area contributed by atoms with Gasteiger partial charge in [-0.15, -0.1) is 0 Å². The summed E-state index contributed by atoms with van der Waals surface area (Å²) in [6.07, 6.45) is 1.31. The van der Waals surface area contributed by atoms with E-state index in [1.54, 1.807) is 18.2 Å². The van der Waals surface area contributed by atoms with Gasteiger partial charge in [-0.25, -0.2) is 0 Å². The molecule has 0 radical (unpaired) electrons. The first kappa shape index (κ1) is 26.5. The van der Waals surface area contributed by atoms with Crippen molar-refractivity contribution in [3.8, 4) is 11.5 Å². The average Bonchev–Trinajstić information content (AvgIpc) is 2.81. The minimum absolute atomic E-state index is 0.0394. The Morgan fingerprint density at radius 2 is 1.66 bits per heavy atom. The highest BCUT2D eigenvalue weighted by molar-refractivity contribution is 5.94. The molecule has 190 valence electrons. The summed E-state index contributed by atoms with van der Waals surface area (Å²) in [5.74, 6) is 1.90. The van der Waals surface area contributed by atoms with Crippen LogP contribution in [0.3, 0.4) is 0 Å². The molecule has 0 saturated carbocycles. The Morgan fingerprint density at radius 1 is 1.00 bits per heavy atom. The maximum absolute atomic E-state index is 12.7. The van der Waals surface area contributed by atoms with E-state index in [1.165, 1.54) is 19.1 Å². The highest BCUT2D eigenvalue weighted by Gasteiger charge is 2.21. The Morgan fingerprint density at radius 3 is 2.29 bits per heavy atom. The number of carbonyl (C=O) groups excluding carboxylic acids is 2. The molecule has 2 amide bonds. The number of nitrogens with one attached hydrogen (secondary N) is 2. The van der Waals surface area contributed by atoms with Gasteiger partial charge < -0.3 is 20.1 Å². The number of carbonyl (C=O) groups is 2. The second-order valence-electron chi connectivity index (χ2n) is 10.0. The minimum atomic E-state index is -0.213. The van der Waals surface area contributed by atoms with E-state index in [0.29, 0.717) is 23.6 Å². The van der Waals surface area contributed by atoms with Crippen molar-refractivity contribution in [3.05, 3.63) is 59.2 Å². The Bertz CT molecular complexity index is 980. The topological polar surface area (TPSA) is 79.9 Å². The molecular weight excluding hydrogens is 442 g/mol. The van der Waals surface area contributed by atoms with Crippen LogP contribution in [0.4, 0.5) is 0 Å². The molecule has 35 heavy (non-hydrogen) atoms. The van der Waals surface area contributed by atoms with Crippen LogP contribution in [-0.4, -0.2) is 49.6 Å². The first-order valence-electron chi connectivity index (χ1n) is 12.4. The van der Waals surface area contributed by atoms with Crippen LogP contribution in [0, 0.1) is 11.8 Å². The van der Waals surface area contributed by atoms with Gasteiger partial charge in [0.25, 0.3) is 11.8 Å². The molecule has 2 aromatic carbocycles. The summed E-state index contributed by atoms with van der Waals surface area (Å²) >= 11 is 0. The molecule has 2 atom stereocenters. The van der Waals surface area contributed by atoms with Crippen molar-refractivity contribution in [1.82, 2.24) is 15.5 Å². The van der Waals surface area contributed by atoms with E-state index in [1.807, 2.05) is 13.8 Å². The van der Waals surface area contributed by atoms with Crippen molar-refractivity contribution in [1.29, 1.82) is 0 Å². The van der Waals surface area contributed by atoms with E-state index in [2.05, 4.69) is 53.6 Å². The molecule has 0 spiro atoms. The van der Waals surface area contributed by atoms with Gasteiger partial charge in [-0.05, 0) is 61.4 Å². The van der Waals surface area contributed by atoms with Gasteiger partial charge in [0.1, 0.15) is 0 Å². The molecular formula is C28H39N3O4. The van der Waals surface area contributed by atoms with Gasteiger partial charge >= 0.3 is 0 Å². The third-order valence-electron chi connectivity index (χ3n) is 6.06. The van der Waals surface area contributed by atoms with Crippen LogP contribution in [0.5, 0.6) is 11.5 Å². The molecule has 1 fully saturated rings.